The van der Waals surface area contributed by atoms with Gasteiger partial charge in [0.15, 0.2) is 0 Å². The molecule has 2 N–H and O–H groups in total. The minimum Gasteiger partial charge on any atom is -0.495 e. The van der Waals surface area contributed by atoms with Crippen LogP contribution < -0.4 is 9.46 Å². The number of aromatic nitrogens is 1. The van der Waals surface area contributed by atoms with E-state index in [0.29, 0.717) is 16.9 Å². The largest absolute Gasteiger partial charge is 0.495 e. The number of anilines is 1. The van der Waals surface area contributed by atoms with Gasteiger partial charge >= 0.3 is 0 Å². The van der Waals surface area contributed by atoms with Crippen LogP contribution in [0.1, 0.15) is 11.3 Å². The summed E-state index contributed by atoms with van der Waals surface area (Å²) in [5.74, 6) is 0.213. The van der Waals surface area contributed by atoms with Crippen molar-refractivity contribution < 1.29 is 18.3 Å². The molecule has 1 aromatic carbocycles. The Bertz CT molecular complexity index is 744. The first-order valence-electron chi connectivity index (χ1n) is 6.19. The molecule has 0 amide bonds. The number of aliphatic hydroxyl groups is 1. The van der Waals surface area contributed by atoms with Gasteiger partial charge in [-0.1, -0.05) is 6.07 Å². The maximum absolute atomic E-state index is 12.5. The van der Waals surface area contributed by atoms with Gasteiger partial charge in [0.1, 0.15) is 10.6 Å². The van der Waals surface area contributed by atoms with Crippen molar-refractivity contribution in [2.45, 2.75) is 18.4 Å². The lowest BCUT2D eigenvalue weighted by Crippen LogP contribution is -2.14. The van der Waals surface area contributed by atoms with E-state index in [4.69, 9.17) is 9.84 Å². The lowest BCUT2D eigenvalue weighted by atomic mass is 10.2. The molecule has 0 fully saturated rings. The fourth-order valence-corrected chi connectivity index (χ4v) is 3.12. The number of benzene rings is 1. The van der Waals surface area contributed by atoms with E-state index in [2.05, 4.69) is 9.71 Å². The monoisotopic (exact) mass is 308 g/mol. The number of nitrogens with one attached hydrogen (secondary N) is 1. The summed E-state index contributed by atoms with van der Waals surface area (Å²) >= 11 is 0. The second-order valence-corrected chi connectivity index (χ2v) is 6.09. The Morgan fingerprint density at radius 3 is 2.67 bits per heavy atom. The predicted octanol–water partition coefficient (Wildman–Crippen LogP) is 1.69. The number of rotatable bonds is 5. The van der Waals surface area contributed by atoms with E-state index in [9.17, 15) is 8.42 Å². The first kappa shape index (κ1) is 15.3. The van der Waals surface area contributed by atoms with Crippen molar-refractivity contribution in [2.75, 3.05) is 11.8 Å². The van der Waals surface area contributed by atoms with E-state index in [1.165, 1.54) is 25.4 Å². The Morgan fingerprint density at radius 2 is 2.05 bits per heavy atom. The minimum absolute atomic E-state index is 0.0222. The van der Waals surface area contributed by atoms with E-state index in [-0.39, 0.29) is 17.3 Å². The summed E-state index contributed by atoms with van der Waals surface area (Å²) in [5, 5.41) is 9.15. The third-order valence-corrected chi connectivity index (χ3v) is 4.25. The molecule has 2 aromatic rings. The Kier molecular flexibility index (Phi) is 4.44. The van der Waals surface area contributed by atoms with Crippen LogP contribution in [-0.4, -0.2) is 25.6 Å². The maximum atomic E-state index is 12.5. The van der Waals surface area contributed by atoms with Crippen LogP contribution in [0.5, 0.6) is 5.75 Å². The van der Waals surface area contributed by atoms with Gasteiger partial charge in [0, 0.05) is 11.9 Å². The Labute approximate surface area is 123 Å². The molecule has 0 saturated carbocycles. The number of ether oxygens (including phenoxy) is 1. The lowest BCUT2D eigenvalue weighted by Gasteiger charge is -2.12. The molecule has 0 bridgehead atoms. The van der Waals surface area contributed by atoms with E-state index in [0.717, 1.165) is 0 Å². The summed E-state index contributed by atoms with van der Waals surface area (Å²) in [4.78, 5) is 3.99. The first-order chi connectivity index (χ1) is 9.96. The summed E-state index contributed by atoms with van der Waals surface area (Å²) < 4.78 is 32.5. The highest BCUT2D eigenvalue weighted by atomic mass is 32.2. The van der Waals surface area contributed by atoms with Crippen molar-refractivity contribution in [3.63, 3.8) is 0 Å². The molecule has 1 heterocycles. The average Bonchev–Trinajstić information content (AvgIpc) is 2.46. The van der Waals surface area contributed by atoms with Crippen LogP contribution in [0.3, 0.4) is 0 Å². The standard InChI is InChI=1S/C14H16N2O4S/c1-10-7-12(5-6-15-10)16-21(18,19)14-8-11(9-17)3-4-13(14)20-2/h3-8,17H,9H2,1-2H3,(H,15,16). The van der Waals surface area contributed by atoms with E-state index in [1.54, 1.807) is 25.1 Å². The number of hydrogen-bond acceptors (Lipinski definition) is 5. The highest BCUT2D eigenvalue weighted by molar-refractivity contribution is 7.92. The molecule has 0 spiro atoms. The van der Waals surface area contributed by atoms with E-state index >= 15 is 0 Å². The summed E-state index contributed by atoms with van der Waals surface area (Å²) in [6, 6.07) is 7.69. The van der Waals surface area contributed by atoms with Crippen LogP contribution >= 0.6 is 0 Å². The van der Waals surface area contributed by atoms with Gasteiger partial charge in [0.25, 0.3) is 10.0 Å². The van der Waals surface area contributed by atoms with E-state index < -0.39 is 10.0 Å². The molecule has 7 heteroatoms. The molecule has 0 atom stereocenters. The van der Waals surface area contributed by atoms with Crippen LogP contribution in [0.4, 0.5) is 5.69 Å². The molecule has 21 heavy (non-hydrogen) atoms. The van der Waals surface area contributed by atoms with Crippen LogP contribution in [-0.2, 0) is 16.6 Å². The molecule has 112 valence electrons. The molecule has 2 rings (SSSR count). The fraction of sp³-hybridized carbons (Fsp3) is 0.214. The van der Waals surface area contributed by atoms with Crippen molar-refractivity contribution in [2.24, 2.45) is 0 Å². The van der Waals surface area contributed by atoms with E-state index in [1.807, 2.05) is 0 Å². The van der Waals surface area contributed by atoms with Crippen molar-refractivity contribution in [3.05, 3.63) is 47.8 Å². The van der Waals surface area contributed by atoms with Crippen molar-refractivity contribution in [3.8, 4) is 5.75 Å². The predicted molar refractivity (Wildman–Crippen MR) is 78.7 cm³/mol. The van der Waals surface area contributed by atoms with Gasteiger partial charge in [-0.15, -0.1) is 0 Å². The molecule has 0 radical (unpaired) electrons. The second kappa shape index (κ2) is 6.11. The van der Waals surface area contributed by atoms with Gasteiger partial charge in [-0.25, -0.2) is 8.42 Å². The molecule has 0 unspecified atom stereocenters. The third-order valence-electron chi connectivity index (χ3n) is 2.85. The van der Waals surface area contributed by atoms with Crippen LogP contribution in [0, 0.1) is 6.92 Å². The van der Waals surface area contributed by atoms with Crippen LogP contribution in [0.25, 0.3) is 0 Å². The van der Waals surface area contributed by atoms with Gasteiger partial charge in [-0.3, -0.25) is 9.71 Å². The number of pyridine rings is 1. The van der Waals surface area contributed by atoms with Gasteiger partial charge in [0.2, 0.25) is 0 Å². The fourth-order valence-electron chi connectivity index (χ4n) is 1.85. The van der Waals surface area contributed by atoms with Crippen molar-refractivity contribution in [1.29, 1.82) is 0 Å². The van der Waals surface area contributed by atoms with Gasteiger partial charge in [-0.2, -0.15) is 0 Å². The Balaban J connectivity index is 2.43. The first-order valence-corrected chi connectivity index (χ1v) is 7.68. The lowest BCUT2D eigenvalue weighted by molar-refractivity contribution is 0.281. The quantitative estimate of drug-likeness (QED) is 0.877. The summed E-state index contributed by atoms with van der Waals surface area (Å²) in [5.41, 5.74) is 1.60. The molecule has 6 nitrogen and oxygen atoms in total. The number of nitrogens with zero attached hydrogens (tertiary/aromatic N) is 1. The van der Waals surface area contributed by atoms with Gasteiger partial charge < -0.3 is 9.84 Å². The number of aryl methyl sites for hydroxylation is 1. The summed E-state index contributed by atoms with van der Waals surface area (Å²) in [6.45, 7) is 1.52. The topological polar surface area (TPSA) is 88.5 Å². The summed E-state index contributed by atoms with van der Waals surface area (Å²) in [7, 11) is -2.43. The Morgan fingerprint density at radius 1 is 1.29 bits per heavy atom. The molecule has 1 aromatic heterocycles. The highest BCUT2D eigenvalue weighted by Gasteiger charge is 2.20. The molecule has 0 saturated heterocycles. The minimum atomic E-state index is -3.82. The molecule has 0 aliphatic carbocycles. The smallest absolute Gasteiger partial charge is 0.265 e. The Hall–Kier alpha value is -2.12. The zero-order chi connectivity index (χ0) is 15.5. The summed E-state index contributed by atoms with van der Waals surface area (Å²) in [6.07, 6.45) is 1.52. The van der Waals surface area contributed by atoms with Gasteiger partial charge in [0.05, 0.1) is 19.4 Å². The zero-order valence-corrected chi connectivity index (χ0v) is 12.5. The van der Waals surface area contributed by atoms with Crippen LogP contribution in [0.2, 0.25) is 0 Å². The normalized spacial score (nSPS) is 11.2. The molecular weight excluding hydrogens is 292 g/mol. The SMILES string of the molecule is COc1ccc(CO)cc1S(=O)(=O)Nc1ccnc(C)c1. The van der Waals surface area contributed by atoms with Crippen molar-refractivity contribution >= 4 is 15.7 Å². The van der Waals surface area contributed by atoms with Gasteiger partial charge in [-0.05, 0) is 36.8 Å². The highest BCUT2D eigenvalue weighted by Crippen LogP contribution is 2.27. The number of sulfonamides is 1. The molecule has 0 aliphatic rings. The second-order valence-electron chi connectivity index (χ2n) is 4.43. The maximum Gasteiger partial charge on any atom is 0.265 e. The van der Waals surface area contributed by atoms with Crippen molar-refractivity contribution in [1.82, 2.24) is 4.98 Å². The molecular formula is C14H16N2O4S. The number of aliphatic hydroxyl groups excluding tert-OH is 1. The zero-order valence-electron chi connectivity index (χ0n) is 11.7. The number of hydrogen-bond donors (Lipinski definition) is 2. The third kappa shape index (κ3) is 3.50. The van der Waals surface area contributed by atoms with Crippen LogP contribution in [0.15, 0.2) is 41.4 Å². The molecule has 0 aliphatic heterocycles. The number of methoxy groups -OCH3 is 1. The average molecular weight is 308 g/mol.